The molecule has 0 radical (unpaired) electrons. The minimum absolute atomic E-state index is 0.000611. The number of hydrogen-bond donors (Lipinski definition) is 0. The van der Waals surface area contributed by atoms with Gasteiger partial charge in [-0.2, -0.15) is 9.78 Å². The van der Waals surface area contributed by atoms with Crippen molar-refractivity contribution in [2.75, 3.05) is 0 Å². The van der Waals surface area contributed by atoms with Gasteiger partial charge in [0, 0.05) is 5.56 Å². The first-order valence-corrected chi connectivity index (χ1v) is 9.75. The summed E-state index contributed by atoms with van der Waals surface area (Å²) in [5.41, 5.74) is 3.75. The number of thioether (sulfide) groups is 1. The quantitative estimate of drug-likeness (QED) is 0.487. The molecule has 0 unspecified atom stereocenters. The number of benzene rings is 3. The Morgan fingerprint density at radius 1 is 0.786 bits per heavy atom. The van der Waals surface area contributed by atoms with Crippen molar-refractivity contribution in [3.63, 3.8) is 0 Å². The first-order valence-electron chi connectivity index (χ1n) is 8.87. The number of hydrogen-bond acceptors (Lipinski definition) is 4. The molecule has 0 fully saturated rings. The summed E-state index contributed by atoms with van der Waals surface area (Å²) in [7, 11) is 0. The SMILES string of the molecule is Fc1cccc(-c2nnc3n2N=C(c2ccccc2)[C@H](c2ccccc2)S3)c1. The van der Waals surface area contributed by atoms with Crippen molar-refractivity contribution in [3.8, 4) is 11.4 Å². The topological polar surface area (TPSA) is 43.1 Å². The Labute approximate surface area is 165 Å². The molecule has 3 aromatic carbocycles. The fourth-order valence-electron chi connectivity index (χ4n) is 3.23. The summed E-state index contributed by atoms with van der Waals surface area (Å²) in [6, 6.07) is 26.7. The fraction of sp³-hybridized carbons (Fsp3) is 0.0455. The van der Waals surface area contributed by atoms with Gasteiger partial charge in [-0.1, -0.05) is 84.6 Å². The lowest BCUT2D eigenvalue weighted by Crippen LogP contribution is -2.18. The molecule has 0 saturated heterocycles. The zero-order chi connectivity index (χ0) is 18.9. The molecule has 0 bridgehead atoms. The van der Waals surface area contributed by atoms with Crippen LogP contribution in [0, 0.1) is 5.82 Å². The van der Waals surface area contributed by atoms with Gasteiger partial charge in [-0.15, -0.1) is 10.2 Å². The van der Waals surface area contributed by atoms with Crippen molar-refractivity contribution in [3.05, 3.63) is 102 Å². The van der Waals surface area contributed by atoms with Gasteiger partial charge in [-0.3, -0.25) is 0 Å². The highest BCUT2D eigenvalue weighted by Crippen LogP contribution is 2.41. The van der Waals surface area contributed by atoms with Gasteiger partial charge < -0.3 is 0 Å². The highest BCUT2D eigenvalue weighted by atomic mass is 32.2. The van der Waals surface area contributed by atoms with E-state index in [-0.39, 0.29) is 11.1 Å². The van der Waals surface area contributed by atoms with E-state index in [1.807, 2.05) is 54.6 Å². The predicted molar refractivity (Wildman–Crippen MR) is 109 cm³/mol. The molecule has 5 rings (SSSR count). The van der Waals surface area contributed by atoms with E-state index in [0.29, 0.717) is 16.5 Å². The number of nitrogens with zero attached hydrogens (tertiary/aromatic N) is 4. The molecule has 0 N–H and O–H groups in total. The van der Waals surface area contributed by atoms with Crippen LogP contribution in [0.5, 0.6) is 0 Å². The molecule has 4 aromatic rings. The van der Waals surface area contributed by atoms with Gasteiger partial charge in [0.15, 0.2) is 5.82 Å². The maximum absolute atomic E-state index is 13.7. The van der Waals surface area contributed by atoms with Gasteiger partial charge in [-0.25, -0.2) is 4.39 Å². The second-order valence-corrected chi connectivity index (χ2v) is 7.46. The first kappa shape index (κ1) is 16.9. The fourth-order valence-corrected chi connectivity index (χ4v) is 4.34. The third-order valence-electron chi connectivity index (χ3n) is 4.55. The van der Waals surface area contributed by atoms with Crippen LogP contribution >= 0.6 is 11.8 Å². The van der Waals surface area contributed by atoms with Crippen LogP contribution in [0.15, 0.2) is 95.2 Å². The van der Waals surface area contributed by atoms with Gasteiger partial charge in [0.1, 0.15) is 5.82 Å². The van der Waals surface area contributed by atoms with E-state index in [4.69, 9.17) is 5.10 Å². The van der Waals surface area contributed by atoms with Crippen LogP contribution in [0.1, 0.15) is 16.4 Å². The Bertz CT molecular complexity index is 1160. The molecule has 1 atom stereocenters. The monoisotopic (exact) mass is 386 g/mol. The third-order valence-corrected chi connectivity index (χ3v) is 5.74. The molecule has 1 aliphatic rings. The Morgan fingerprint density at radius 2 is 1.50 bits per heavy atom. The van der Waals surface area contributed by atoms with Crippen molar-refractivity contribution in [1.29, 1.82) is 0 Å². The molecule has 2 heterocycles. The van der Waals surface area contributed by atoms with Crippen LogP contribution in [-0.2, 0) is 0 Å². The normalized spacial score (nSPS) is 15.8. The lowest BCUT2D eigenvalue weighted by Gasteiger charge is -2.23. The van der Waals surface area contributed by atoms with Gasteiger partial charge in [-0.05, 0) is 23.3 Å². The number of aromatic nitrogens is 3. The molecule has 0 amide bonds. The summed E-state index contributed by atoms with van der Waals surface area (Å²) in [4.78, 5) is 0. The maximum atomic E-state index is 13.7. The molecule has 0 spiro atoms. The Kier molecular flexibility index (Phi) is 4.25. The largest absolute Gasteiger partial charge is 0.213 e. The minimum atomic E-state index is -0.312. The van der Waals surface area contributed by atoms with Gasteiger partial charge in [0.05, 0.1) is 11.0 Å². The van der Waals surface area contributed by atoms with E-state index in [2.05, 4.69) is 22.3 Å². The summed E-state index contributed by atoms with van der Waals surface area (Å²) < 4.78 is 15.4. The highest BCUT2D eigenvalue weighted by molar-refractivity contribution is 8.00. The van der Waals surface area contributed by atoms with Gasteiger partial charge in [0.2, 0.25) is 5.16 Å². The van der Waals surface area contributed by atoms with E-state index in [9.17, 15) is 4.39 Å². The van der Waals surface area contributed by atoms with Crippen molar-refractivity contribution in [2.24, 2.45) is 5.10 Å². The van der Waals surface area contributed by atoms with E-state index < -0.39 is 0 Å². The van der Waals surface area contributed by atoms with E-state index in [1.54, 1.807) is 22.5 Å². The number of fused-ring (bicyclic) bond motifs is 1. The average Bonchev–Trinajstić information content (AvgIpc) is 3.17. The Balaban J connectivity index is 1.67. The smallest absolute Gasteiger partial charge is 0.207 e. The molecular weight excluding hydrogens is 371 g/mol. The third kappa shape index (κ3) is 3.01. The maximum Gasteiger partial charge on any atom is 0.213 e. The average molecular weight is 386 g/mol. The van der Waals surface area contributed by atoms with Gasteiger partial charge in [0.25, 0.3) is 0 Å². The highest BCUT2D eigenvalue weighted by Gasteiger charge is 2.30. The predicted octanol–water partition coefficient (Wildman–Crippen LogP) is 5.18. The van der Waals surface area contributed by atoms with E-state index in [1.165, 1.54) is 12.1 Å². The zero-order valence-corrected chi connectivity index (χ0v) is 15.6. The van der Waals surface area contributed by atoms with Crippen LogP contribution < -0.4 is 0 Å². The van der Waals surface area contributed by atoms with E-state index >= 15 is 0 Å². The molecule has 0 saturated carbocycles. The second-order valence-electron chi connectivity index (χ2n) is 6.39. The standard InChI is InChI=1S/C22H15FN4S/c23-18-13-7-12-17(14-18)21-24-25-22-27(21)26-19(15-8-3-1-4-9-15)20(28-22)16-10-5-2-6-11-16/h1-14,20H/t20-/m0/s1. The summed E-state index contributed by atoms with van der Waals surface area (Å²) in [5.74, 6) is 0.217. The number of rotatable bonds is 3. The molecular formula is C22H15FN4S. The van der Waals surface area contributed by atoms with Crippen LogP contribution in [-0.4, -0.2) is 20.6 Å². The van der Waals surface area contributed by atoms with Crippen molar-refractivity contribution >= 4 is 17.5 Å². The molecule has 136 valence electrons. The summed E-state index contributed by atoms with van der Waals surface area (Å²) in [5, 5.41) is 14.2. The Morgan fingerprint density at radius 3 is 2.25 bits per heavy atom. The first-order chi connectivity index (χ1) is 13.8. The van der Waals surface area contributed by atoms with Crippen LogP contribution in [0.2, 0.25) is 0 Å². The molecule has 0 aliphatic carbocycles. The van der Waals surface area contributed by atoms with E-state index in [0.717, 1.165) is 16.8 Å². The van der Waals surface area contributed by atoms with Crippen LogP contribution in [0.4, 0.5) is 4.39 Å². The lowest BCUT2D eigenvalue weighted by atomic mass is 10.0. The zero-order valence-electron chi connectivity index (χ0n) is 14.7. The summed E-state index contributed by atoms with van der Waals surface area (Å²) in [6.45, 7) is 0. The molecule has 1 aromatic heterocycles. The molecule has 1 aliphatic heterocycles. The lowest BCUT2D eigenvalue weighted by molar-refractivity contribution is 0.628. The second kappa shape index (κ2) is 7.05. The van der Waals surface area contributed by atoms with Gasteiger partial charge >= 0.3 is 0 Å². The van der Waals surface area contributed by atoms with Crippen molar-refractivity contribution in [1.82, 2.24) is 14.9 Å². The minimum Gasteiger partial charge on any atom is -0.207 e. The van der Waals surface area contributed by atoms with Crippen molar-refractivity contribution in [2.45, 2.75) is 10.4 Å². The van der Waals surface area contributed by atoms with Crippen molar-refractivity contribution < 1.29 is 4.39 Å². The Hall–Kier alpha value is -3.25. The molecule has 6 heteroatoms. The summed E-state index contributed by atoms with van der Waals surface area (Å²) in [6.07, 6.45) is 0. The number of halogens is 1. The molecule has 28 heavy (non-hydrogen) atoms. The summed E-state index contributed by atoms with van der Waals surface area (Å²) >= 11 is 1.60. The van der Waals surface area contributed by atoms with Crippen LogP contribution in [0.25, 0.3) is 11.4 Å². The molecule has 4 nitrogen and oxygen atoms in total. The van der Waals surface area contributed by atoms with Crippen LogP contribution in [0.3, 0.4) is 0 Å².